The molecule has 0 spiro atoms. The van der Waals surface area contributed by atoms with Gasteiger partial charge in [-0.3, -0.25) is 9.89 Å². The third kappa shape index (κ3) is 9.03. The molecule has 0 heterocycles. The SMILES string of the molecule is CCN(CC)C(CNC(=NC)NCc1cc(F)ccc1CS(C)(=O)=O)c1ccccc1.I. The zero-order valence-electron chi connectivity index (χ0n) is 19.1. The van der Waals surface area contributed by atoms with Crippen molar-refractivity contribution in [1.29, 1.82) is 0 Å². The second-order valence-corrected chi connectivity index (χ2v) is 9.58. The zero-order valence-corrected chi connectivity index (χ0v) is 22.3. The van der Waals surface area contributed by atoms with E-state index in [4.69, 9.17) is 0 Å². The number of hydrogen-bond acceptors (Lipinski definition) is 4. The summed E-state index contributed by atoms with van der Waals surface area (Å²) in [5, 5.41) is 6.53. The van der Waals surface area contributed by atoms with Gasteiger partial charge in [-0.1, -0.05) is 50.2 Å². The van der Waals surface area contributed by atoms with Gasteiger partial charge in [-0.25, -0.2) is 12.8 Å². The Morgan fingerprint density at radius 3 is 2.28 bits per heavy atom. The molecule has 32 heavy (non-hydrogen) atoms. The number of rotatable bonds is 10. The maximum Gasteiger partial charge on any atom is 0.191 e. The van der Waals surface area contributed by atoms with Crippen LogP contribution >= 0.6 is 24.0 Å². The molecule has 1 atom stereocenters. The normalized spacial score (nSPS) is 12.9. The van der Waals surface area contributed by atoms with Gasteiger partial charge in [0, 0.05) is 26.4 Å². The molecule has 0 saturated heterocycles. The standard InChI is InChI=1S/C23H33FN4O2S.HI/c1-5-28(6-2)22(18-10-8-7-9-11-18)16-27-23(25-3)26-15-20-14-21(24)13-12-19(20)17-31(4,29)30;/h7-14,22H,5-6,15-17H2,1-4H3,(H2,25,26,27);1H. The van der Waals surface area contributed by atoms with Crippen molar-refractivity contribution >= 4 is 39.8 Å². The Hall–Kier alpha value is -1.72. The van der Waals surface area contributed by atoms with Crippen molar-refractivity contribution < 1.29 is 12.8 Å². The number of benzene rings is 2. The fourth-order valence-corrected chi connectivity index (χ4v) is 4.42. The van der Waals surface area contributed by atoms with Gasteiger partial charge in [0.25, 0.3) is 0 Å². The van der Waals surface area contributed by atoms with E-state index in [0.29, 0.717) is 23.6 Å². The average Bonchev–Trinajstić information content (AvgIpc) is 2.74. The third-order valence-corrected chi connectivity index (χ3v) is 5.99. The van der Waals surface area contributed by atoms with Gasteiger partial charge in [-0.15, -0.1) is 24.0 Å². The number of hydrogen-bond donors (Lipinski definition) is 2. The Labute approximate surface area is 208 Å². The maximum atomic E-state index is 13.8. The van der Waals surface area contributed by atoms with E-state index in [0.717, 1.165) is 13.1 Å². The van der Waals surface area contributed by atoms with E-state index in [9.17, 15) is 12.8 Å². The smallest absolute Gasteiger partial charge is 0.191 e. The first-order valence-electron chi connectivity index (χ1n) is 10.5. The Bertz CT molecular complexity index is 967. The summed E-state index contributed by atoms with van der Waals surface area (Å²) in [6.07, 6.45) is 1.17. The maximum absolute atomic E-state index is 13.8. The summed E-state index contributed by atoms with van der Waals surface area (Å²) in [5.41, 5.74) is 2.39. The monoisotopic (exact) mass is 576 g/mol. The summed E-state index contributed by atoms with van der Waals surface area (Å²) in [4.78, 5) is 6.64. The average molecular weight is 577 g/mol. The van der Waals surface area contributed by atoms with Gasteiger partial charge in [-0.05, 0) is 41.9 Å². The lowest BCUT2D eigenvalue weighted by Gasteiger charge is -2.30. The van der Waals surface area contributed by atoms with Crippen molar-refractivity contribution in [3.63, 3.8) is 0 Å². The van der Waals surface area contributed by atoms with Crippen LogP contribution in [0.25, 0.3) is 0 Å². The molecule has 6 nitrogen and oxygen atoms in total. The number of likely N-dealkylation sites (N-methyl/N-ethyl adjacent to an activating group) is 1. The topological polar surface area (TPSA) is 73.8 Å². The molecular formula is C23H34FIN4O2S. The van der Waals surface area contributed by atoms with Crippen molar-refractivity contribution in [2.45, 2.75) is 32.2 Å². The molecule has 0 bridgehead atoms. The molecule has 0 fully saturated rings. The lowest BCUT2D eigenvalue weighted by molar-refractivity contribution is 0.219. The van der Waals surface area contributed by atoms with Crippen LogP contribution in [0, 0.1) is 5.82 Å². The molecular weight excluding hydrogens is 542 g/mol. The Morgan fingerprint density at radius 1 is 1.06 bits per heavy atom. The van der Waals surface area contributed by atoms with Crippen LogP contribution < -0.4 is 10.6 Å². The molecule has 2 rings (SSSR count). The molecule has 2 aromatic carbocycles. The second kappa shape index (κ2) is 13.7. The molecule has 0 radical (unpaired) electrons. The number of aliphatic imine (C=N–C) groups is 1. The van der Waals surface area contributed by atoms with E-state index in [-0.39, 0.29) is 42.3 Å². The summed E-state index contributed by atoms with van der Waals surface area (Å²) in [5.74, 6) is 0.0410. The zero-order chi connectivity index (χ0) is 22.9. The van der Waals surface area contributed by atoms with E-state index >= 15 is 0 Å². The summed E-state index contributed by atoms with van der Waals surface area (Å²) >= 11 is 0. The summed E-state index contributed by atoms with van der Waals surface area (Å²) in [6, 6.07) is 14.6. The van der Waals surface area contributed by atoms with Crippen molar-refractivity contribution in [2.75, 3.05) is 32.9 Å². The fourth-order valence-electron chi connectivity index (χ4n) is 3.57. The minimum atomic E-state index is -3.23. The van der Waals surface area contributed by atoms with Crippen LogP contribution in [-0.4, -0.2) is 52.2 Å². The highest BCUT2D eigenvalue weighted by Crippen LogP contribution is 2.19. The Morgan fingerprint density at radius 2 is 1.72 bits per heavy atom. The minimum absolute atomic E-state index is 0. The quantitative estimate of drug-likeness (QED) is 0.256. The number of guanidine groups is 1. The first kappa shape index (κ1) is 28.3. The molecule has 0 aliphatic heterocycles. The van der Waals surface area contributed by atoms with Crippen LogP contribution in [0.1, 0.15) is 36.6 Å². The van der Waals surface area contributed by atoms with Gasteiger partial charge >= 0.3 is 0 Å². The number of halogens is 2. The molecule has 0 saturated carbocycles. The van der Waals surface area contributed by atoms with Gasteiger partial charge in [0.15, 0.2) is 15.8 Å². The van der Waals surface area contributed by atoms with Gasteiger partial charge in [0.2, 0.25) is 0 Å². The predicted molar refractivity (Wildman–Crippen MR) is 141 cm³/mol. The molecule has 1 unspecified atom stereocenters. The highest BCUT2D eigenvalue weighted by molar-refractivity contribution is 14.0. The van der Waals surface area contributed by atoms with Crippen LogP contribution in [0.15, 0.2) is 53.5 Å². The van der Waals surface area contributed by atoms with Gasteiger partial charge in [0.05, 0.1) is 11.8 Å². The summed E-state index contributed by atoms with van der Waals surface area (Å²) in [6.45, 7) is 7.03. The van der Waals surface area contributed by atoms with Crippen molar-refractivity contribution in [3.8, 4) is 0 Å². The lowest BCUT2D eigenvalue weighted by Crippen LogP contribution is -2.43. The van der Waals surface area contributed by atoms with Gasteiger partial charge in [0.1, 0.15) is 5.82 Å². The van der Waals surface area contributed by atoms with Gasteiger partial charge in [-0.2, -0.15) is 0 Å². The predicted octanol–water partition coefficient (Wildman–Crippen LogP) is 3.74. The van der Waals surface area contributed by atoms with E-state index in [2.05, 4.69) is 46.5 Å². The van der Waals surface area contributed by atoms with Crippen molar-refractivity contribution in [2.24, 2.45) is 4.99 Å². The molecule has 2 N–H and O–H groups in total. The fraction of sp³-hybridized carbons (Fsp3) is 0.435. The van der Waals surface area contributed by atoms with Gasteiger partial charge < -0.3 is 10.6 Å². The second-order valence-electron chi connectivity index (χ2n) is 7.44. The van der Waals surface area contributed by atoms with Crippen LogP contribution in [0.4, 0.5) is 4.39 Å². The first-order chi connectivity index (χ1) is 14.8. The molecule has 9 heteroatoms. The van der Waals surface area contributed by atoms with E-state index < -0.39 is 15.7 Å². The third-order valence-electron chi connectivity index (χ3n) is 5.16. The number of sulfone groups is 1. The highest BCUT2D eigenvalue weighted by Gasteiger charge is 2.18. The van der Waals surface area contributed by atoms with Crippen molar-refractivity contribution in [1.82, 2.24) is 15.5 Å². The summed E-state index contributed by atoms with van der Waals surface area (Å²) in [7, 11) is -1.55. The molecule has 0 aromatic heterocycles. The molecule has 0 aliphatic rings. The highest BCUT2D eigenvalue weighted by atomic mass is 127. The van der Waals surface area contributed by atoms with E-state index in [1.807, 2.05) is 18.2 Å². The summed E-state index contributed by atoms with van der Waals surface area (Å²) < 4.78 is 37.2. The number of nitrogens with zero attached hydrogens (tertiary/aromatic N) is 2. The van der Waals surface area contributed by atoms with Crippen LogP contribution in [0.5, 0.6) is 0 Å². The van der Waals surface area contributed by atoms with Crippen LogP contribution in [-0.2, 0) is 22.1 Å². The van der Waals surface area contributed by atoms with Crippen LogP contribution in [0.3, 0.4) is 0 Å². The molecule has 178 valence electrons. The molecule has 0 aliphatic carbocycles. The first-order valence-corrected chi connectivity index (χ1v) is 12.5. The minimum Gasteiger partial charge on any atom is -0.354 e. The van der Waals surface area contributed by atoms with Crippen LogP contribution in [0.2, 0.25) is 0 Å². The van der Waals surface area contributed by atoms with E-state index in [1.54, 1.807) is 7.05 Å². The lowest BCUT2D eigenvalue weighted by atomic mass is 10.1. The molecule has 0 amide bonds. The van der Waals surface area contributed by atoms with E-state index in [1.165, 1.54) is 30.0 Å². The van der Waals surface area contributed by atoms with Crippen molar-refractivity contribution in [3.05, 3.63) is 71.0 Å². The Balaban J connectivity index is 0.00000512. The molecule has 2 aromatic rings. The largest absolute Gasteiger partial charge is 0.354 e. The Kier molecular flexibility index (Phi) is 12.2. The number of nitrogens with one attached hydrogen (secondary N) is 2.